The number of nitrogens with two attached hydrogens (primary N) is 1. The molecular weight excluding hydrogens is 328 g/mol. The van der Waals surface area contributed by atoms with Crippen LogP contribution in [0.4, 0.5) is 11.8 Å². The molecule has 25 heavy (non-hydrogen) atoms. The Hall–Kier alpha value is -2.01. The number of hydrogen-bond donors (Lipinski definition) is 5. The van der Waals surface area contributed by atoms with Gasteiger partial charge in [-0.2, -0.15) is 9.97 Å². The summed E-state index contributed by atoms with van der Waals surface area (Å²) in [5, 5.41) is 32.8. The fourth-order valence-electron chi connectivity index (χ4n) is 3.59. The lowest BCUT2D eigenvalue weighted by molar-refractivity contribution is -0.0511. The van der Waals surface area contributed by atoms with Crippen LogP contribution in [0.3, 0.4) is 0 Å². The zero-order valence-electron chi connectivity index (χ0n) is 13.6. The first-order chi connectivity index (χ1) is 12.1. The molecule has 6 N–H and O–H groups in total. The summed E-state index contributed by atoms with van der Waals surface area (Å²) in [6.07, 6.45) is 1.79. The lowest BCUT2D eigenvalue weighted by atomic mass is 10.1. The minimum atomic E-state index is -1.21. The van der Waals surface area contributed by atoms with Crippen molar-refractivity contribution in [1.82, 2.24) is 19.5 Å². The fraction of sp³-hybridized carbons (Fsp3) is 0.667. The van der Waals surface area contributed by atoms with Crippen LogP contribution in [-0.4, -0.2) is 65.8 Å². The maximum atomic E-state index is 10.2. The van der Waals surface area contributed by atoms with Crippen molar-refractivity contribution in [2.45, 2.75) is 56.3 Å². The summed E-state index contributed by atoms with van der Waals surface area (Å²) in [6.45, 7) is -0.396. The molecule has 4 rings (SSSR count). The second-order valence-electron chi connectivity index (χ2n) is 6.61. The largest absolute Gasteiger partial charge is 0.394 e. The van der Waals surface area contributed by atoms with Crippen molar-refractivity contribution in [2.75, 3.05) is 17.7 Å². The lowest BCUT2D eigenvalue weighted by Gasteiger charge is -2.17. The summed E-state index contributed by atoms with van der Waals surface area (Å²) in [5.74, 6) is 0.640. The number of nitrogens with zero attached hydrogens (tertiary/aromatic N) is 4. The van der Waals surface area contributed by atoms with Crippen molar-refractivity contribution in [2.24, 2.45) is 0 Å². The first-order valence-electron chi connectivity index (χ1n) is 8.47. The molecule has 136 valence electrons. The fourth-order valence-corrected chi connectivity index (χ4v) is 3.59. The highest BCUT2D eigenvalue weighted by Gasteiger charge is 2.44. The Labute approximate surface area is 143 Å². The number of aliphatic hydroxyl groups is 3. The average molecular weight is 350 g/mol. The van der Waals surface area contributed by atoms with Crippen molar-refractivity contribution < 1.29 is 20.1 Å². The van der Waals surface area contributed by atoms with E-state index in [-0.39, 0.29) is 5.95 Å². The molecule has 4 atom stereocenters. The maximum Gasteiger partial charge on any atom is 0.224 e. The van der Waals surface area contributed by atoms with E-state index in [1.54, 1.807) is 0 Å². The molecule has 0 radical (unpaired) electrons. The number of imidazole rings is 1. The summed E-state index contributed by atoms with van der Waals surface area (Å²) >= 11 is 0. The number of hydrogen-bond acceptors (Lipinski definition) is 9. The minimum absolute atomic E-state index is 0.0847. The molecule has 0 bridgehead atoms. The van der Waals surface area contributed by atoms with E-state index in [2.05, 4.69) is 20.3 Å². The van der Waals surface area contributed by atoms with Gasteiger partial charge in [-0.25, -0.2) is 4.98 Å². The first-order valence-corrected chi connectivity index (χ1v) is 8.47. The zero-order chi connectivity index (χ0) is 17.6. The van der Waals surface area contributed by atoms with Crippen LogP contribution in [0.5, 0.6) is 0 Å². The number of anilines is 2. The standard InChI is InChI=1S/C15H22N6O4/c16-15-19-12(18-7-3-1-2-4-7)9-13(20-15)21(6-17-9)14-11(24)10(23)8(5-22)25-14/h6-8,10-11,14,22-24H,1-5H2,(H3,16,18,19,20)/t8-,10-,11-,14?/m1/s1. The Morgan fingerprint density at radius 1 is 1.24 bits per heavy atom. The van der Waals surface area contributed by atoms with Gasteiger partial charge in [-0.1, -0.05) is 12.8 Å². The van der Waals surface area contributed by atoms with E-state index in [0.29, 0.717) is 23.0 Å². The Kier molecular flexibility index (Phi) is 4.20. The van der Waals surface area contributed by atoms with Crippen LogP contribution in [0, 0.1) is 0 Å². The normalized spacial score (nSPS) is 30.4. The molecule has 1 aliphatic heterocycles. The lowest BCUT2D eigenvalue weighted by Crippen LogP contribution is -2.33. The molecule has 1 saturated carbocycles. The SMILES string of the molecule is Nc1nc(NC2CCCC2)c2ncn(C3O[C@H](CO)[C@@H](O)[C@H]3O)c2n1. The van der Waals surface area contributed by atoms with Gasteiger partial charge in [0.05, 0.1) is 12.9 Å². The van der Waals surface area contributed by atoms with Gasteiger partial charge in [0.25, 0.3) is 0 Å². The Morgan fingerprint density at radius 3 is 2.68 bits per heavy atom. The van der Waals surface area contributed by atoms with Crippen LogP contribution in [0.2, 0.25) is 0 Å². The second kappa shape index (κ2) is 6.37. The molecule has 2 aromatic heterocycles. The van der Waals surface area contributed by atoms with Gasteiger partial charge in [0.1, 0.15) is 18.3 Å². The monoisotopic (exact) mass is 350 g/mol. The third-order valence-corrected chi connectivity index (χ3v) is 4.93. The van der Waals surface area contributed by atoms with E-state index in [4.69, 9.17) is 10.5 Å². The molecule has 0 spiro atoms. The molecule has 1 saturated heterocycles. The van der Waals surface area contributed by atoms with Gasteiger partial charge in [-0.3, -0.25) is 4.57 Å². The number of rotatable bonds is 4. The topological polar surface area (TPSA) is 152 Å². The van der Waals surface area contributed by atoms with E-state index < -0.39 is 31.1 Å². The molecule has 0 amide bonds. The van der Waals surface area contributed by atoms with Crippen molar-refractivity contribution in [1.29, 1.82) is 0 Å². The van der Waals surface area contributed by atoms with Gasteiger partial charge in [0.2, 0.25) is 5.95 Å². The average Bonchev–Trinajstić information content (AvgIpc) is 3.29. The zero-order valence-corrected chi connectivity index (χ0v) is 13.6. The molecule has 2 aromatic rings. The summed E-state index contributed by atoms with van der Waals surface area (Å²) in [5.41, 5.74) is 6.78. The Bertz CT molecular complexity index is 762. The predicted octanol–water partition coefficient (Wildman–Crippen LogP) is -0.625. The van der Waals surface area contributed by atoms with Gasteiger partial charge < -0.3 is 31.1 Å². The summed E-state index contributed by atoms with van der Waals surface area (Å²) in [4.78, 5) is 12.8. The highest BCUT2D eigenvalue weighted by Crippen LogP contribution is 2.33. The first kappa shape index (κ1) is 16.5. The van der Waals surface area contributed by atoms with Crippen molar-refractivity contribution in [3.8, 4) is 0 Å². The van der Waals surface area contributed by atoms with Gasteiger partial charge in [-0.05, 0) is 12.8 Å². The van der Waals surface area contributed by atoms with Crippen molar-refractivity contribution in [3.63, 3.8) is 0 Å². The van der Waals surface area contributed by atoms with Crippen molar-refractivity contribution in [3.05, 3.63) is 6.33 Å². The summed E-state index contributed by atoms with van der Waals surface area (Å²) < 4.78 is 7.06. The van der Waals surface area contributed by atoms with Crippen LogP contribution >= 0.6 is 0 Å². The van der Waals surface area contributed by atoms with Crippen LogP contribution in [0.1, 0.15) is 31.9 Å². The number of aliphatic hydroxyl groups excluding tert-OH is 3. The molecular formula is C15H22N6O4. The summed E-state index contributed by atoms with van der Waals surface area (Å²) in [6, 6.07) is 0.330. The third kappa shape index (κ3) is 2.80. The minimum Gasteiger partial charge on any atom is -0.394 e. The van der Waals surface area contributed by atoms with E-state index in [0.717, 1.165) is 12.8 Å². The number of ether oxygens (including phenoxy) is 1. The quantitative estimate of drug-likeness (QED) is 0.485. The molecule has 10 heteroatoms. The number of fused-ring (bicyclic) bond motifs is 1. The summed E-state index contributed by atoms with van der Waals surface area (Å²) in [7, 11) is 0. The van der Waals surface area contributed by atoms with Crippen LogP contribution < -0.4 is 11.1 Å². The molecule has 2 aliphatic rings. The predicted molar refractivity (Wildman–Crippen MR) is 88.6 cm³/mol. The number of nitrogen functional groups attached to an aromatic ring is 1. The number of nitrogens with one attached hydrogen (secondary N) is 1. The van der Waals surface area contributed by atoms with Crippen LogP contribution in [0.25, 0.3) is 11.2 Å². The molecule has 1 unspecified atom stereocenters. The third-order valence-electron chi connectivity index (χ3n) is 4.93. The highest BCUT2D eigenvalue weighted by molar-refractivity contribution is 5.84. The highest BCUT2D eigenvalue weighted by atomic mass is 16.6. The smallest absolute Gasteiger partial charge is 0.224 e. The second-order valence-corrected chi connectivity index (χ2v) is 6.61. The van der Waals surface area contributed by atoms with E-state index in [9.17, 15) is 15.3 Å². The Balaban J connectivity index is 1.70. The van der Waals surface area contributed by atoms with Crippen LogP contribution in [0.15, 0.2) is 6.33 Å². The van der Waals surface area contributed by atoms with Crippen LogP contribution in [-0.2, 0) is 4.74 Å². The van der Waals surface area contributed by atoms with E-state index in [1.165, 1.54) is 23.7 Å². The number of aromatic nitrogens is 4. The molecule has 2 fully saturated rings. The van der Waals surface area contributed by atoms with E-state index >= 15 is 0 Å². The Morgan fingerprint density at radius 2 is 2.00 bits per heavy atom. The van der Waals surface area contributed by atoms with Crippen molar-refractivity contribution >= 4 is 22.9 Å². The molecule has 10 nitrogen and oxygen atoms in total. The van der Waals surface area contributed by atoms with E-state index in [1.807, 2.05) is 0 Å². The molecule has 3 heterocycles. The van der Waals surface area contributed by atoms with Gasteiger partial charge in [0.15, 0.2) is 23.2 Å². The maximum absolute atomic E-state index is 10.2. The van der Waals surface area contributed by atoms with Gasteiger partial charge >= 0.3 is 0 Å². The van der Waals surface area contributed by atoms with Gasteiger partial charge in [0, 0.05) is 6.04 Å². The van der Waals surface area contributed by atoms with Gasteiger partial charge in [-0.15, -0.1) is 0 Å². The molecule has 1 aliphatic carbocycles. The molecule has 0 aromatic carbocycles.